The highest BCUT2D eigenvalue weighted by Gasteiger charge is 2.27. The lowest BCUT2D eigenvalue weighted by Crippen LogP contribution is -2.29. The second-order valence-electron chi connectivity index (χ2n) is 6.52. The van der Waals surface area contributed by atoms with Crippen LogP contribution in [0.15, 0.2) is 30.3 Å². The van der Waals surface area contributed by atoms with Crippen molar-refractivity contribution in [3.05, 3.63) is 46.0 Å². The summed E-state index contributed by atoms with van der Waals surface area (Å²) in [6.45, 7) is 2.11. The number of carbonyl (C=O) groups is 1. The third-order valence-electron chi connectivity index (χ3n) is 4.44. The molecule has 0 N–H and O–H groups in total. The molecule has 4 nitrogen and oxygen atoms in total. The molecule has 0 amide bonds. The molecule has 0 aliphatic heterocycles. The van der Waals surface area contributed by atoms with Crippen LogP contribution in [-0.4, -0.2) is 16.7 Å². The standard InChI is InChI=1S/C20H31NO3/c1-2-3-4-11-16-19(21(23)24)20(22)17-12-6-5-8-13-18-14-9-7-10-15-18/h7,9-10,14-15,19H,2-6,8,11-13,16-17H2,1H3. The highest BCUT2D eigenvalue weighted by atomic mass is 16.6. The fraction of sp³-hybridized carbons (Fsp3) is 0.650. The number of aryl methyl sites for hydroxylation is 1. The van der Waals surface area contributed by atoms with Crippen molar-refractivity contribution < 1.29 is 9.72 Å². The lowest BCUT2D eigenvalue weighted by Gasteiger charge is -2.08. The van der Waals surface area contributed by atoms with Gasteiger partial charge in [0.15, 0.2) is 0 Å². The summed E-state index contributed by atoms with van der Waals surface area (Å²) in [5.41, 5.74) is 1.34. The molecule has 134 valence electrons. The van der Waals surface area contributed by atoms with Crippen LogP contribution in [0.3, 0.4) is 0 Å². The van der Waals surface area contributed by atoms with Crippen LogP contribution < -0.4 is 0 Å². The van der Waals surface area contributed by atoms with E-state index in [0.717, 1.165) is 57.8 Å². The Kier molecular flexibility index (Phi) is 10.7. The van der Waals surface area contributed by atoms with E-state index in [2.05, 4.69) is 19.1 Å². The van der Waals surface area contributed by atoms with Crippen LogP contribution in [0.2, 0.25) is 0 Å². The van der Waals surface area contributed by atoms with Crippen LogP contribution >= 0.6 is 0 Å². The third kappa shape index (κ3) is 8.80. The van der Waals surface area contributed by atoms with E-state index in [1.807, 2.05) is 18.2 Å². The van der Waals surface area contributed by atoms with Crippen molar-refractivity contribution in [2.45, 2.75) is 83.6 Å². The molecule has 24 heavy (non-hydrogen) atoms. The summed E-state index contributed by atoms with van der Waals surface area (Å²) < 4.78 is 0. The minimum absolute atomic E-state index is 0.181. The zero-order valence-corrected chi connectivity index (χ0v) is 14.9. The van der Waals surface area contributed by atoms with Gasteiger partial charge in [0.05, 0.1) is 0 Å². The van der Waals surface area contributed by atoms with Gasteiger partial charge in [-0.15, -0.1) is 0 Å². The van der Waals surface area contributed by atoms with Crippen LogP contribution in [0.25, 0.3) is 0 Å². The average Bonchev–Trinajstić information content (AvgIpc) is 2.58. The number of unbranched alkanes of at least 4 members (excludes halogenated alkanes) is 6. The normalized spacial score (nSPS) is 12.0. The summed E-state index contributed by atoms with van der Waals surface area (Å²) in [6, 6.07) is 9.39. The number of Topliss-reactive ketones (excluding diaryl/α,β-unsaturated/α-hetero) is 1. The van der Waals surface area contributed by atoms with Crippen molar-refractivity contribution >= 4 is 5.78 Å². The molecule has 0 radical (unpaired) electrons. The lowest BCUT2D eigenvalue weighted by molar-refractivity contribution is -0.508. The Morgan fingerprint density at radius 3 is 2.33 bits per heavy atom. The van der Waals surface area contributed by atoms with Crippen molar-refractivity contribution in [1.29, 1.82) is 0 Å². The average molecular weight is 333 g/mol. The molecule has 0 fully saturated rings. The molecular weight excluding hydrogens is 302 g/mol. The van der Waals surface area contributed by atoms with E-state index in [1.54, 1.807) is 0 Å². The number of benzene rings is 1. The minimum Gasteiger partial charge on any atom is -0.292 e. The first-order chi connectivity index (χ1) is 11.6. The molecule has 0 saturated heterocycles. The summed E-state index contributed by atoms with van der Waals surface area (Å²) in [6.07, 6.45) is 9.67. The predicted octanol–water partition coefficient (Wildman–Crippen LogP) is 5.36. The molecule has 0 aliphatic rings. The number of nitro groups is 1. The number of ketones is 1. The van der Waals surface area contributed by atoms with Gasteiger partial charge >= 0.3 is 0 Å². The van der Waals surface area contributed by atoms with Gasteiger partial charge in [-0.3, -0.25) is 14.9 Å². The predicted molar refractivity (Wildman–Crippen MR) is 97.8 cm³/mol. The molecule has 1 aromatic rings. The van der Waals surface area contributed by atoms with E-state index >= 15 is 0 Å². The van der Waals surface area contributed by atoms with Gasteiger partial charge in [-0.2, -0.15) is 0 Å². The first kappa shape index (κ1) is 20.3. The van der Waals surface area contributed by atoms with Crippen LogP contribution in [0, 0.1) is 10.1 Å². The maximum absolute atomic E-state index is 12.1. The SMILES string of the molecule is CCCCCCC(C(=O)CCCCCCc1ccccc1)[N+](=O)[O-]. The molecule has 1 aromatic carbocycles. The number of nitrogens with zero attached hydrogens (tertiary/aromatic N) is 1. The van der Waals surface area contributed by atoms with Gasteiger partial charge < -0.3 is 0 Å². The van der Waals surface area contributed by atoms with Gasteiger partial charge in [-0.25, -0.2) is 0 Å². The Morgan fingerprint density at radius 1 is 1.00 bits per heavy atom. The van der Waals surface area contributed by atoms with Crippen molar-refractivity contribution in [1.82, 2.24) is 0 Å². The van der Waals surface area contributed by atoms with Crippen molar-refractivity contribution in [3.8, 4) is 0 Å². The van der Waals surface area contributed by atoms with E-state index in [4.69, 9.17) is 0 Å². The topological polar surface area (TPSA) is 60.2 Å². The maximum atomic E-state index is 12.1. The molecule has 4 heteroatoms. The highest BCUT2D eigenvalue weighted by molar-refractivity contribution is 5.82. The molecule has 0 bridgehead atoms. The molecule has 1 atom stereocenters. The zero-order chi connectivity index (χ0) is 17.6. The smallest absolute Gasteiger partial charge is 0.270 e. The highest BCUT2D eigenvalue weighted by Crippen LogP contribution is 2.13. The molecule has 0 aromatic heterocycles. The van der Waals surface area contributed by atoms with Gasteiger partial charge in [-0.1, -0.05) is 69.4 Å². The summed E-state index contributed by atoms with van der Waals surface area (Å²) in [4.78, 5) is 22.8. The second kappa shape index (κ2) is 12.7. The Morgan fingerprint density at radius 2 is 1.67 bits per heavy atom. The molecule has 0 saturated carbocycles. The Balaban J connectivity index is 2.14. The quantitative estimate of drug-likeness (QED) is 0.261. The molecule has 0 spiro atoms. The van der Waals surface area contributed by atoms with Gasteiger partial charge in [0.2, 0.25) is 5.78 Å². The van der Waals surface area contributed by atoms with Crippen LogP contribution in [0.1, 0.15) is 76.7 Å². The molecule has 1 rings (SSSR count). The number of hydrogen-bond donors (Lipinski definition) is 0. The number of carbonyl (C=O) groups excluding carboxylic acids is 1. The van der Waals surface area contributed by atoms with E-state index in [1.165, 1.54) is 5.56 Å². The molecule has 0 heterocycles. The molecule has 1 unspecified atom stereocenters. The first-order valence-corrected chi connectivity index (χ1v) is 9.35. The Bertz CT molecular complexity index is 473. The van der Waals surface area contributed by atoms with Crippen molar-refractivity contribution in [2.75, 3.05) is 0 Å². The van der Waals surface area contributed by atoms with E-state index in [0.29, 0.717) is 12.8 Å². The fourth-order valence-electron chi connectivity index (χ4n) is 2.94. The minimum atomic E-state index is -0.980. The number of rotatable bonds is 14. The zero-order valence-electron chi connectivity index (χ0n) is 14.9. The summed E-state index contributed by atoms with van der Waals surface area (Å²) in [7, 11) is 0. The summed E-state index contributed by atoms with van der Waals surface area (Å²) >= 11 is 0. The van der Waals surface area contributed by atoms with Crippen LogP contribution in [-0.2, 0) is 11.2 Å². The molecular formula is C20H31NO3. The Hall–Kier alpha value is -1.71. The summed E-state index contributed by atoms with van der Waals surface area (Å²) in [5.74, 6) is -0.181. The van der Waals surface area contributed by atoms with Gasteiger partial charge in [-0.05, 0) is 31.2 Å². The maximum Gasteiger partial charge on any atom is 0.270 e. The first-order valence-electron chi connectivity index (χ1n) is 9.35. The van der Waals surface area contributed by atoms with E-state index in [9.17, 15) is 14.9 Å². The fourth-order valence-corrected chi connectivity index (χ4v) is 2.94. The van der Waals surface area contributed by atoms with Crippen LogP contribution in [0.5, 0.6) is 0 Å². The molecule has 0 aliphatic carbocycles. The Labute approximate surface area is 145 Å². The lowest BCUT2D eigenvalue weighted by atomic mass is 9.99. The van der Waals surface area contributed by atoms with E-state index in [-0.39, 0.29) is 10.7 Å². The van der Waals surface area contributed by atoms with Gasteiger partial charge in [0, 0.05) is 17.8 Å². The third-order valence-corrected chi connectivity index (χ3v) is 4.44. The monoisotopic (exact) mass is 333 g/mol. The largest absolute Gasteiger partial charge is 0.292 e. The van der Waals surface area contributed by atoms with E-state index < -0.39 is 6.04 Å². The van der Waals surface area contributed by atoms with Crippen molar-refractivity contribution in [3.63, 3.8) is 0 Å². The summed E-state index contributed by atoms with van der Waals surface area (Å²) in [5, 5.41) is 11.1. The second-order valence-corrected chi connectivity index (χ2v) is 6.52. The van der Waals surface area contributed by atoms with Gasteiger partial charge in [0.1, 0.15) is 0 Å². The van der Waals surface area contributed by atoms with Crippen LogP contribution in [0.4, 0.5) is 0 Å². The number of hydrogen-bond acceptors (Lipinski definition) is 3. The van der Waals surface area contributed by atoms with Crippen molar-refractivity contribution in [2.24, 2.45) is 0 Å². The van der Waals surface area contributed by atoms with Gasteiger partial charge in [0.25, 0.3) is 6.04 Å².